The van der Waals surface area contributed by atoms with Gasteiger partial charge in [-0.05, 0) is 42.8 Å². The lowest BCUT2D eigenvalue weighted by atomic mass is 10.1. The molecular weight excluding hydrogens is 295 g/mol. The van der Waals surface area contributed by atoms with Crippen LogP contribution in [0.1, 0.15) is 21.5 Å². The standard InChI is InChI=1S/C15H10ClFN2O2/c1-8-4-10(17)2-3-13(8)19-14-6-12(16)9(7-18)5-11(14)15(20)21/h2-6,19H,1H3,(H,20,21). The van der Waals surface area contributed by atoms with Crippen molar-refractivity contribution in [2.24, 2.45) is 0 Å². The van der Waals surface area contributed by atoms with E-state index in [-0.39, 0.29) is 27.7 Å². The van der Waals surface area contributed by atoms with Crippen molar-refractivity contribution in [3.05, 3.63) is 57.9 Å². The van der Waals surface area contributed by atoms with Crippen LogP contribution in [0, 0.1) is 24.1 Å². The monoisotopic (exact) mass is 304 g/mol. The molecule has 0 bridgehead atoms. The van der Waals surface area contributed by atoms with Gasteiger partial charge in [-0.15, -0.1) is 0 Å². The summed E-state index contributed by atoms with van der Waals surface area (Å²) in [5.74, 6) is -1.57. The number of halogens is 2. The maximum absolute atomic E-state index is 13.1. The molecule has 2 aromatic carbocycles. The molecule has 2 rings (SSSR count). The van der Waals surface area contributed by atoms with Gasteiger partial charge in [0, 0.05) is 5.69 Å². The molecule has 0 radical (unpaired) electrons. The summed E-state index contributed by atoms with van der Waals surface area (Å²) in [6, 6.07) is 8.49. The zero-order valence-corrected chi connectivity index (χ0v) is 11.7. The summed E-state index contributed by atoms with van der Waals surface area (Å²) in [6.07, 6.45) is 0. The van der Waals surface area contributed by atoms with Crippen molar-refractivity contribution < 1.29 is 14.3 Å². The maximum atomic E-state index is 13.1. The van der Waals surface area contributed by atoms with Gasteiger partial charge in [-0.3, -0.25) is 0 Å². The van der Waals surface area contributed by atoms with Crippen molar-refractivity contribution >= 4 is 28.9 Å². The first-order chi connectivity index (χ1) is 9.92. The highest BCUT2D eigenvalue weighted by Crippen LogP contribution is 2.29. The second-order valence-electron chi connectivity index (χ2n) is 4.38. The van der Waals surface area contributed by atoms with Gasteiger partial charge < -0.3 is 10.4 Å². The number of rotatable bonds is 3. The smallest absolute Gasteiger partial charge is 0.337 e. The van der Waals surface area contributed by atoms with E-state index in [1.165, 1.54) is 30.3 Å². The predicted octanol–water partition coefficient (Wildman–Crippen LogP) is 4.10. The van der Waals surface area contributed by atoms with E-state index in [1.807, 2.05) is 6.07 Å². The molecule has 21 heavy (non-hydrogen) atoms. The lowest BCUT2D eigenvalue weighted by Gasteiger charge is -2.13. The Morgan fingerprint density at radius 2 is 2.05 bits per heavy atom. The first-order valence-corrected chi connectivity index (χ1v) is 6.30. The molecule has 2 N–H and O–H groups in total. The van der Waals surface area contributed by atoms with Crippen LogP contribution in [-0.4, -0.2) is 11.1 Å². The number of nitrogens with one attached hydrogen (secondary N) is 1. The van der Waals surface area contributed by atoms with Crippen LogP contribution in [0.2, 0.25) is 5.02 Å². The number of carboxylic acid groups (broad SMARTS) is 1. The molecule has 0 aliphatic carbocycles. The Kier molecular flexibility index (Phi) is 4.10. The number of benzene rings is 2. The Labute approximate surface area is 125 Å². The SMILES string of the molecule is Cc1cc(F)ccc1Nc1cc(Cl)c(C#N)cc1C(=O)O. The number of hydrogen-bond donors (Lipinski definition) is 2. The molecule has 0 heterocycles. The predicted molar refractivity (Wildman–Crippen MR) is 77.5 cm³/mol. The minimum atomic E-state index is -1.19. The van der Waals surface area contributed by atoms with E-state index in [2.05, 4.69) is 5.32 Å². The van der Waals surface area contributed by atoms with Crippen LogP contribution in [0.25, 0.3) is 0 Å². The molecule has 0 saturated carbocycles. The molecule has 0 aliphatic rings. The number of aromatic carboxylic acids is 1. The van der Waals surface area contributed by atoms with Crippen LogP contribution in [-0.2, 0) is 0 Å². The van der Waals surface area contributed by atoms with E-state index >= 15 is 0 Å². The van der Waals surface area contributed by atoms with Crippen LogP contribution < -0.4 is 5.32 Å². The first kappa shape index (κ1) is 14.8. The van der Waals surface area contributed by atoms with Gasteiger partial charge >= 0.3 is 5.97 Å². The highest BCUT2D eigenvalue weighted by atomic mass is 35.5. The summed E-state index contributed by atoms with van der Waals surface area (Å²) in [5.41, 5.74) is 1.41. The Balaban J connectivity index is 2.51. The van der Waals surface area contributed by atoms with Crippen molar-refractivity contribution in [2.75, 3.05) is 5.32 Å². The van der Waals surface area contributed by atoms with E-state index in [0.29, 0.717) is 11.3 Å². The fourth-order valence-electron chi connectivity index (χ4n) is 1.85. The van der Waals surface area contributed by atoms with Crippen molar-refractivity contribution in [1.29, 1.82) is 5.26 Å². The average Bonchev–Trinajstić information content (AvgIpc) is 2.41. The number of aryl methyl sites for hydroxylation is 1. The Morgan fingerprint density at radius 1 is 1.33 bits per heavy atom. The topological polar surface area (TPSA) is 73.1 Å². The van der Waals surface area contributed by atoms with Crippen LogP contribution in [0.5, 0.6) is 0 Å². The van der Waals surface area contributed by atoms with Gasteiger partial charge in [-0.25, -0.2) is 9.18 Å². The molecular formula is C15H10ClFN2O2. The maximum Gasteiger partial charge on any atom is 0.337 e. The van der Waals surface area contributed by atoms with Crippen molar-refractivity contribution in [1.82, 2.24) is 0 Å². The van der Waals surface area contributed by atoms with Crippen molar-refractivity contribution in [2.45, 2.75) is 6.92 Å². The first-order valence-electron chi connectivity index (χ1n) is 5.92. The number of carbonyl (C=O) groups is 1. The zero-order valence-electron chi connectivity index (χ0n) is 10.9. The molecule has 0 fully saturated rings. The number of carboxylic acids is 1. The fraction of sp³-hybridized carbons (Fsp3) is 0.0667. The third-order valence-electron chi connectivity index (χ3n) is 2.92. The zero-order chi connectivity index (χ0) is 15.6. The minimum Gasteiger partial charge on any atom is -0.478 e. The summed E-state index contributed by atoms with van der Waals surface area (Å²) < 4.78 is 13.1. The molecule has 2 aromatic rings. The normalized spacial score (nSPS) is 10.0. The second kappa shape index (κ2) is 5.81. The summed E-state index contributed by atoms with van der Waals surface area (Å²) in [5, 5.41) is 21.1. The van der Waals surface area contributed by atoms with Gasteiger partial charge in [0.25, 0.3) is 0 Å². The molecule has 0 atom stereocenters. The number of nitriles is 1. The largest absolute Gasteiger partial charge is 0.478 e. The van der Waals surface area contributed by atoms with Gasteiger partial charge in [-0.2, -0.15) is 5.26 Å². The van der Waals surface area contributed by atoms with Gasteiger partial charge in [0.1, 0.15) is 11.9 Å². The van der Waals surface area contributed by atoms with Gasteiger partial charge in [0.2, 0.25) is 0 Å². The third kappa shape index (κ3) is 3.12. The molecule has 0 saturated heterocycles. The van der Waals surface area contributed by atoms with Crippen LogP contribution >= 0.6 is 11.6 Å². The Morgan fingerprint density at radius 3 is 2.62 bits per heavy atom. The van der Waals surface area contributed by atoms with Crippen LogP contribution in [0.15, 0.2) is 30.3 Å². The minimum absolute atomic E-state index is 0.0791. The van der Waals surface area contributed by atoms with E-state index in [4.69, 9.17) is 16.9 Å². The van der Waals surface area contributed by atoms with E-state index in [9.17, 15) is 14.3 Å². The lowest BCUT2D eigenvalue weighted by Crippen LogP contribution is -2.04. The van der Waals surface area contributed by atoms with Crippen LogP contribution in [0.3, 0.4) is 0 Å². The summed E-state index contributed by atoms with van der Waals surface area (Å²) >= 11 is 5.92. The quantitative estimate of drug-likeness (QED) is 0.895. The Bertz CT molecular complexity index is 769. The van der Waals surface area contributed by atoms with E-state index in [1.54, 1.807) is 6.92 Å². The third-order valence-corrected chi connectivity index (χ3v) is 3.23. The second-order valence-corrected chi connectivity index (χ2v) is 4.79. The fourth-order valence-corrected chi connectivity index (χ4v) is 2.06. The molecule has 0 unspecified atom stereocenters. The number of anilines is 2. The summed E-state index contributed by atoms with van der Waals surface area (Å²) in [6.45, 7) is 1.69. The highest BCUT2D eigenvalue weighted by Gasteiger charge is 2.15. The molecule has 106 valence electrons. The summed E-state index contributed by atoms with van der Waals surface area (Å²) in [7, 11) is 0. The average molecular weight is 305 g/mol. The van der Waals surface area contributed by atoms with Crippen molar-refractivity contribution in [3.63, 3.8) is 0 Å². The molecule has 0 aliphatic heterocycles. The highest BCUT2D eigenvalue weighted by molar-refractivity contribution is 6.32. The molecule has 6 heteroatoms. The number of hydrogen-bond acceptors (Lipinski definition) is 3. The molecule has 0 spiro atoms. The van der Waals surface area contributed by atoms with E-state index < -0.39 is 5.97 Å². The lowest BCUT2D eigenvalue weighted by molar-refractivity contribution is 0.0698. The van der Waals surface area contributed by atoms with Gasteiger partial charge in [0.05, 0.1) is 21.8 Å². The molecule has 0 aromatic heterocycles. The van der Waals surface area contributed by atoms with Crippen LogP contribution in [0.4, 0.5) is 15.8 Å². The molecule has 0 amide bonds. The van der Waals surface area contributed by atoms with E-state index in [0.717, 1.165) is 0 Å². The van der Waals surface area contributed by atoms with Crippen molar-refractivity contribution in [3.8, 4) is 6.07 Å². The van der Waals surface area contributed by atoms with Gasteiger partial charge in [-0.1, -0.05) is 11.6 Å². The molecule has 4 nitrogen and oxygen atoms in total. The number of nitrogens with zero attached hydrogens (tertiary/aromatic N) is 1. The van der Waals surface area contributed by atoms with Gasteiger partial charge in [0.15, 0.2) is 0 Å². The Hall–Kier alpha value is -2.58. The summed E-state index contributed by atoms with van der Waals surface area (Å²) in [4.78, 5) is 11.3.